The number of rotatable bonds is 8. The van der Waals surface area contributed by atoms with Crippen molar-refractivity contribution < 1.29 is 27.5 Å². The number of benzene rings is 1. The fourth-order valence-electron chi connectivity index (χ4n) is 5.83. The second kappa shape index (κ2) is 12.4. The molecule has 0 saturated carbocycles. The van der Waals surface area contributed by atoms with Gasteiger partial charge in [0.15, 0.2) is 0 Å². The second-order valence-electron chi connectivity index (χ2n) is 11.2. The standard InChI is InChI=1S/C29H36ClF3N6O3/c1-19-15-20(29(31,32)33)16-25(34-19)39-24(7-8-26(39)40)28(41)36(3)23-6-4-5-22(30)27(23)35(2)9-10-37-11-13-38(14-12-37)21-17-42-18-21/h4-6,15-16,21,24H,7-14,17-18H2,1-3H3. The molecule has 3 aliphatic heterocycles. The van der Waals surface area contributed by atoms with E-state index in [4.69, 9.17) is 16.3 Å². The van der Waals surface area contributed by atoms with E-state index < -0.39 is 29.6 Å². The summed E-state index contributed by atoms with van der Waals surface area (Å²) >= 11 is 6.66. The Kier molecular flexibility index (Phi) is 8.98. The molecule has 2 aromatic rings. The Balaban J connectivity index is 1.30. The predicted octanol–water partition coefficient (Wildman–Crippen LogP) is 3.67. The number of anilines is 3. The number of halogens is 4. The number of carbonyl (C=O) groups excluding carboxylic acids is 2. The third-order valence-corrected chi connectivity index (χ3v) is 8.65. The number of pyridine rings is 1. The summed E-state index contributed by atoms with van der Waals surface area (Å²) in [6.45, 7) is 8.48. The molecule has 2 amide bonds. The highest BCUT2D eigenvalue weighted by atomic mass is 35.5. The van der Waals surface area contributed by atoms with Gasteiger partial charge in [-0.2, -0.15) is 13.2 Å². The molecular formula is C29H36ClF3N6O3. The van der Waals surface area contributed by atoms with E-state index in [1.165, 1.54) is 11.8 Å². The lowest BCUT2D eigenvalue weighted by atomic mass is 10.1. The summed E-state index contributed by atoms with van der Waals surface area (Å²) in [6, 6.07) is 6.58. The first-order valence-electron chi connectivity index (χ1n) is 14.1. The summed E-state index contributed by atoms with van der Waals surface area (Å²) in [5, 5.41) is 0.471. The number of likely N-dealkylation sites (N-methyl/N-ethyl adjacent to an activating group) is 2. The number of nitrogens with zero attached hydrogens (tertiary/aromatic N) is 6. The minimum atomic E-state index is -4.61. The molecule has 13 heteroatoms. The van der Waals surface area contributed by atoms with Crippen LogP contribution in [0.1, 0.15) is 24.1 Å². The van der Waals surface area contributed by atoms with Gasteiger partial charge in [0.05, 0.1) is 41.2 Å². The summed E-state index contributed by atoms with van der Waals surface area (Å²) < 4.78 is 45.9. The fourth-order valence-corrected chi connectivity index (χ4v) is 6.14. The Bertz CT molecular complexity index is 1320. The van der Waals surface area contributed by atoms with E-state index in [1.54, 1.807) is 25.2 Å². The van der Waals surface area contributed by atoms with Crippen LogP contribution in [0.4, 0.5) is 30.4 Å². The van der Waals surface area contributed by atoms with E-state index in [9.17, 15) is 22.8 Å². The maximum Gasteiger partial charge on any atom is 0.416 e. The van der Waals surface area contributed by atoms with Crippen molar-refractivity contribution in [3.05, 3.63) is 46.6 Å². The molecule has 3 saturated heterocycles. The number of hydrogen-bond donors (Lipinski definition) is 0. The van der Waals surface area contributed by atoms with Gasteiger partial charge < -0.3 is 14.5 Å². The van der Waals surface area contributed by atoms with Gasteiger partial charge in [-0.1, -0.05) is 17.7 Å². The molecule has 4 heterocycles. The average Bonchev–Trinajstić information content (AvgIpc) is 3.31. The van der Waals surface area contributed by atoms with Crippen molar-refractivity contribution in [2.75, 3.05) is 81.3 Å². The maximum atomic E-state index is 13.8. The quantitative estimate of drug-likeness (QED) is 0.453. The summed E-state index contributed by atoms with van der Waals surface area (Å²) in [5.74, 6) is -1.04. The summed E-state index contributed by atoms with van der Waals surface area (Å²) in [7, 11) is 3.52. The van der Waals surface area contributed by atoms with Crippen molar-refractivity contribution in [1.82, 2.24) is 14.8 Å². The van der Waals surface area contributed by atoms with Crippen LogP contribution in [0.25, 0.3) is 0 Å². The lowest BCUT2D eigenvalue weighted by Gasteiger charge is -2.42. The first-order chi connectivity index (χ1) is 19.9. The lowest BCUT2D eigenvalue weighted by Crippen LogP contribution is -2.57. The zero-order chi connectivity index (χ0) is 30.2. The van der Waals surface area contributed by atoms with E-state index in [0.717, 1.165) is 63.0 Å². The van der Waals surface area contributed by atoms with Crippen molar-refractivity contribution >= 4 is 40.6 Å². The highest BCUT2D eigenvalue weighted by Crippen LogP contribution is 2.38. The Labute approximate surface area is 248 Å². The van der Waals surface area contributed by atoms with Gasteiger partial charge in [0.2, 0.25) is 11.8 Å². The number of amides is 2. The first kappa shape index (κ1) is 30.5. The van der Waals surface area contributed by atoms with Crippen molar-refractivity contribution in [2.24, 2.45) is 0 Å². The minimum Gasteiger partial charge on any atom is -0.378 e. The predicted molar refractivity (Wildman–Crippen MR) is 155 cm³/mol. The molecule has 3 aliphatic rings. The van der Waals surface area contributed by atoms with Gasteiger partial charge in [0, 0.05) is 65.5 Å². The van der Waals surface area contributed by atoms with E-state index in [1.807, 2.05) is 11.9 Å². The Hall–Kier alpha value is -2.93. The van der Waals surface area contributed by atoms with E-state index in [0.29, 0.717) is 29.0 Å². The van der Waals surface area contributed by atoms with Gasteiger partial charge in [-0.15, -0.1) is 0 Å². The number of hydrogen-bond acceptors (Lipinski definition) is 7. The van der Waals surface area contributed by atoms with E-state index in [-0.39, 0.29) is 24.4 Å². The number of piperazine rings is 1. The molecular weight excluding hydrogens is 573 g/mol. The van der Waals surface area contributed by atoms with Crippen LogP contribution >= 0.6 is 11.6 Å². The van der Waals surface area contributed by atoms with Crippen LogP contribution in [0, 0.1) is 6.92 Å². The zero-order valence-electron chi connectivity index (χ0n) is 24.0. The van der Waals surface area contributed by atoms with Crippen LogP contribution in [0.5, 0.6) is 0 Å². The Morgan fingerprint density at radius 2 is 1.86 bits per heavy atom. The Morgan fingerprint density at radius 3 is 2.50 bits per heavy atom. The molecule has 0 N–H and O–H groups in total. The topological polar surface area (TPSA) is 72.5 Å². The van der Waals surface area contributed by atoms with Crippen LogP contribution in [-0.4, -0.2) is 105 Å². The largest absolute Gasteiger partial charge is 0.416 e. The van der Waals surface area contributed by atoms with Gasteiger partial charge in [-0.3, -0.25) is 24.3 Å². The molecule has 3 fully saturated rings. The van der Waals surface area contributed by atoms with Crippen molar-refractivity contribution in [3.63, 3.8) is 0 Å². The summed E-state index contributed by atoms with van der Waals surface area (Å²) in [6.07, 6.45) is -4.41. The van der Waals surface area contributed by atoms with Crippen molar-refractivity contribution in [3.8, 4) is 0 Å². The molecule has 0 bridgehead atoms. The molecule has 0 aliphatic carbocycles. The fraction of sp³-hybridized carbons (Fsp3) is 0.552. The Morgan fingerprint density at radius 1 is 1.14 bits per heavy atom. The van der Waals surface area contributed by atoms with Crippen LogP contribution in [0.3, 0.4) is 0 Å². The molecule has 0 spiro atoms. The van der Waals surface area contributed by atoms with Crippen LogP contribution in [0.15, 0.2) is 30.3 Å². The normalized spacial score (nSPS) is 20.6. The highest BCUT2D eigenvalue weighted by molar-refractivity contribution is 6.34. The second-order valence-corrected chi connectivity index (χ2v) is 11.6. The molecule has 5 rings (SSSR count). The van der Waals surface area contributed by atoms with Crippen LogP contribution in [-0.2, 0) is 20.5 Å². The third kappa shape index (κ3) is 6.36. The lowest BCUT2D eigenvalue weighted by molar-refractivity contribution is -0.137. The minimum absolute atomic E-state index is 0.0323. The average molecular weight is 609 g/mol. The SMILES string of the molecule is Cc1cc(C(F)(F)F)cc(N2C(=O)CCC2C(=O)N(C)c2cccc(Cl)c2N(C)CCN2CCN(C3COC3)CC2)n1. The number of aromatic nitrogens is 1. The number of carbonyl (C=O) groups is 2. The number of aryl methyl sites for hydroxylation is 1. The smallest absolute Gasteiger partial charge is 0.378 e. The van der Waals surface area contributed by atoms with Crippen LogP contribution < -0.4 is 14.7 Å². The van der Waals surface area contributed by atoms with Gasteiger partial charge in [0.25, 0.3) is 0 Å². The number of para-hydroxylation sites is 1. The molecule has 1 aromatic heterocycles. The van der Waals surface area contributed by atoms with E-state index in [2.05, 4.69) is 14.8 Å². The zero-order valence-corrected chi connectivity index (χ0v) is 24.8. The molecule has 1 aromatic carbocycles. The van der Waals surface area contributed by atoms with E-state index >= 15 is 0 Å². The van der Waals surface area contributed by atoms with Gasteiger partial charge in [-0.05, 0) is 37.6 Å². The maximum absolute atomic E-state index is 13.8. The molecule has 1 unspecified atom stereocenters. The monoisotopic (exact) mass is 608 g/mol. The number of alkyl halides is 3. The van der Waals surface area contributed by atoms with Gasteiger partial charge in [0.1, 0.15) is 11.9 Å². The van der Waals surface area contributed by atoms with Gasteiger partial charge in [-0.25, -0.2) is 4.98 Å². The molecule has 0 radical (unpaired) electrons. The molecule has 228 valence electrons. The first-order valence-corrected chi connectivity index (χ1v) is 14.5. The molecule has 1 atom stereocenters. The third-order valence-electron chi connectivity index (χ3n) is 8.35. The van der Waals surface area contributed by atoms with Crippen LogP contribution in [0.2, 0.25) is 5.02 Å². The molecule has 9 nitrogen and oxygen atoms in total. The summed E-state index contributed by atoms with van der Waals surface area (Å²) in [5.41, 5.74) is 0.416. The number of ether oxygens (including phenoxy) is 1. The van der Waals surface area contributed by atoms with Crippen molar-refractivity contribution in [1.29, 1.82) is 0 Å². The van der Waals surface area contributed by atoms with Gasteiger partial charge >= 0.3 is 6.18 Å². The highest BCUT2D eigenvalue weighted by Gasteiger charge is 2.41. The molecule has 42 heavy (non-hydrogen) atoms. The summed E-state index contributed by atoms with van der Waals surface area (Å²) in [4.78, 5) is 40.3. The van der Waals surface area contributed by atoms with Crippen molar-refractivity contribution in [2.45, 2.75) is 38.0 Å².